The molecule has 0 saturated heterocycles. The Balaban J connectivity index is 0.927. The molecule has 0 aliphatic heterocycles. The van der Waals surface area contributed by atoms with Crippen LogP contribution >= 0.6 is 0 Å². The average Bonchev–Trinajstić information content (AvgIpc) is 3.38. The SMILES string of the molecule is c1ccc(-c2cccc(-c3cc(-c4ccc5cc(-c6ccc(-c7c8ccccc8c(-c8ccccc8)c8ccc9ccccc9c78)cc6)ccc5c4)nc(-c4ccccc4)n3)c2)cc1. The molecule has 0 aliphatic rings. The summed E-state index contributed by atoms with van der Waals surface area (Å²) in [6.45, 7) is 0. The van der Waals surface area contributed by atoms with E-state index in [1.165, 1.54) is 76.6 Å². The molecule has 12 aromatic rings. The number of fused-ring (bicyclic) bond motifs is 5. The Labute approximate surface area is 372 Å². The number of nitrogens with zero attached hydrogens (tertiary/aromatic N) is 2. The highest BCUT2D eigenvalue weighted by Gasteiger charge is 2.19. The molecule has 1 aromatic heterocycles. The van der Waals surface area contributed by atoms with Crippen molar-refractivity contribution >= 4 is 43.1 Å². The normalized spacial score (nSPS) is 11.4. The second-order valence-electron chi connectivity index (χ2n) is 16.5. The zero-order chi connectivity index (χ0) is 42.4. The third kappa shape index (κ3) is 6.70. The van der Waals surface area contributed by atoms with Crippen LogP contribution in [0.15, 0.2) is 243 Å². The van der Waals surface area contributed by atoms with Gasteiger partial charge in [0.2, 0.25) is 0 Å². The van der Waals surface area contributed by atoms with Gasteiger partial charge in [-0.05, 0) is 112 Å². The van der Waals surface area contributed by atoms with Crippen LogP contribution in [0.5, 0.6) is 0 Å². The van der Waals surface area contributed by atoms with Crippen molar-refractivity contribution in [1.29, 1.82) is 0 Å². The third-order valence-electron chi connectivity index (χ3n) is 12.6. The number of rotatable bonds is 7. The summed E-state index contributed by atoms with van der Waals surface area (Å²) in [4.78, 5) is 10.3. The summed E-state index contributed by atoms with van der Waals surface area (Å²) in [6.07, 6.45) is 0. The first kappa shape index (κ1) is 37.3. The lowest BCUT2D eigenvalue weighted by atomic mass is 9.84. The fraction of sp³-hybridized carbons (Fsp3) is 0. The Kier molecular flexibility index (Phi) is 9.20. The standard InChI is InChI=1S/C62H40N2/c1-4-15-41(16-5-1)47-22-14-23-51(38-47)57-40-58(64-62(63-57)46-20-8-3-9-21-46)52-34-33-49-37-48(31-32-50(49)39-52)42-27-29-45(30-28-42)60-55-26-13-12-25-54(55)59(44-18-6-2-7-19-44)56-36-35-43-17-10-11-24-53(43)61(56)60/h1-40H. The van der Waals surface area contributed by atoms with E-state index < -0.39 is 0 Å². The lowest BCUT2D eigenvalue weighted by molar-refractivity contribution is 1.18. The molecule has 298 valence electrons. The topological polar surface area (TPSA) is 25.8 Å². The van der Waals surface area contributed by atoms with E-state index in [2.05, 4.69) is 224 Å². The number of benzene rings is 11. The summed E-state index contributed by atoms with van der Waals surface area (Å²) in [5, 5.41) is 9.92. The van der Waals surface area contributed by atoms with Crippen molar-refractivity contribution in [3.8, 4) is 78.4 Å². The van der Waals surface area contributed by atoms with Crippen molar-refractivity contribution in [2.45, 2.75) is 0 Å². The Morgan fingerprint density at radius 3 is 1.36 bits per heavy atom. The van der Waals surface area contributed by atoms with E-state index in [1.54, 1.807) is 0 Å². The van der Waals surface area contributed by atoms with Gasteiger partial charge in [0.15, 0.2) is 5.82 Å². The van der Waals surface area contributed by atoms with E-state index in [4.69, 9.17) is 9.97 Å². The first-order valence-corrected chi connectivity index (χ1v) is 21.9. The molecule has 12 rings (SSSR count). The van der Waals surface area contributed by atoms with Crippen molar-refractivity contribution in [3.05, 3.63) is 243 Å². The molecule has 0 atom stereocenters. The molecular formula is C62H40N2. The van der Waals surface area contributed by atoms with Gasteiger partial charge in [-0.15, -0.1) is 0 Å². The summed E-state index contributed by atoms with van der Waals surface area (Å²) in [5.41, 5.74) is 14.6. The van der Waals surface area contributed by atoms with Crippen LogP contribution in [0.2, 0.25) is 0 Å². The van der Waals surface area contributed by atoms with Crippen LogP contribution in [0, 0.1) is 0 Å². The molecular weight excluding hydrogens is 773 g/mol. The van der Waals surface area contributed by atoms with Crippen molar-refractivity contribution in [1.82, 2.24) is 9.97 Å². The molecule has 2 heteroatoms. The molecule has 64 heavy (non-hydrogen) atoms. The van der Waals surface area contributed by atoms with Crippen molar-refractivity contribution in [2.24, 2.45) is 0 Å². The molecule has 0 fully saturated rings. The molecule has 1 heterocycles. The van der Waals surface area contributed by atoms with Crippen molar-refractivity contribution in [2.75, 3.05) is 0 Å². The smallest absolute Gasteiger partial charge is 0.160 e. The summed E-state index contributed by atoms with van der Waals surface area (Å²) < 4.78 is 0. The minimum Gasteiger partial charge on any atom is -0.228 e. The Hall–Kier alpha value is -8.46. The van der Waals surface area contributed by atoms with Gasteiger partial charge in [0.25, 0.3) is 0 Å². The molecule has 2 nitrogen and oxygen atoms in total. The van der Waals surface area contributed by atoms with Crippen LogP contribution in [0.25, 0.3) is 122 Å². The van der Waals surface area contributed by atoms with Crippen LogP contribution in [0.4, 0.5) is 0 Å². The van der Waals surface area contributed by atoms with Crippen LogP contribution in [-0.2, 0) is 0 Å². The summed E-state index contributed by atoms with van der Waals surface area (Å²) in [5.74, 6) is 0.707. The van der Waals surface area contributed by atoms with Crippen LogP contribution in [0.3, 0.4) is 0 Å². The predicted octanol–water partition coefficient (Wildman–Crippen LogP) is 16.8. The van der Waals surface area contributed by atoms with Crippen molar-refractivity contribution < 1.29 is 0 Å². The van der Waals surface area contributed by atoms with Crippen LogP contribution in [-0.4, -0.2) is 9.97 Å². The van der Waals surface area contributed by atoms with Crippen LogP contribution < -0.4 is 0 Å². The van der Waals surface area contributed by atoms with Gasteiger partial charge < -0.3 is 0 Å². The quantitative estimate of drug-likeness (QED) is 0.118. The van der Waals surface area contributed by atoms with Gasteiger partial charge in [-0.25, -0.2) is 9.97 Å². The minimum absolute atomic E-state index is 0.707. The lowest BCUT2D eigenvalue weighted by Gasteiger charge is -2.19. The zero-order valence-corrected chi connectivity index (χ0v) is 35.0. The fourth-order valence-corrected chi connectivity index (χ4v) is 9.53. The lowest BCUT2D eigenvalue weighted by Crippen LogP contribution is -1.96. The maximum atomic E-state index is 5.15. The van der Waals surface area contributed by atoms with E-state index in [1.807, 2.05) is 18.2 Å². The molecule has 0 saturated carbocycles. The van der Waals surface area contributed by atoms with Gasteiger partial charge >= 0.3 is 0 Å². The summed E-state index contributed by atoms with van der Waals surface area (Å²) in [7, 11) is 0. The Morgan fingerprint density at radius 2 is 0.656 bits per heavy atom. The molecule has 0 spiro atoms. The highest BCUT2D eigenvalue weighted by atomic mass is 14.9. The predicted molar refractivity (Wildman–Crippen MR) is 270 cm³/mol. The summed E-state index contributed by atoms with van der Waals surface area (Å²) >= 11 is 0. The van der Waals surface area contributed by atoms with E-state index in [0.717, 1.165) is 39.0 Å². The summed E-state index contributed by atoms with van der Waals surface area (Å²) in [6, 6.07) is 87.2. The van der Waals surface area contributed by atoms with Gasteiger partial charge in [-0.3, -0.25) is 0 Å². The number of hydrogen-bond acceptors (Lipinski definition) is 2. The van der Waals surface area contributed by atoms with Gasteiger partial charge in [0, 0.05) is 16.7 Å². The van der Waals surface area contributed by atoms with E-state index in [9.17, 15) is 0 Å². The van der Waals surface area contributed by atoms with E-state index in [-0.39, 0.29) is 0 Å². The monoisotopic (exact) mass is 812 g/mol. The molecule has 0 aliphatic carbocycles. The minimum atomic E-state index is 0.707. The maximum absolute atomic E-state index is 5.15. The largest absolute Gasteiger partial charge is 0.228 e. The molecule has 0 bridgehead atoms. The Morgan fingerprint density at radius 1 is 0.219 bits per heavy atom. The van der Waals surface area contributed by atoms with Gasteiger partial charge in [-0.2, -0.15) is 0 Å². The van der Waals surface area contributed by atoms with Crippen LogP contribution in [0.1, 0.15) is 0 Å². The second-order valence-corrected chi connectivity index (χ2v) is 16.5. The van der Waals surface area contributed by atoms with Crippen molar-refractivity contribution in [3.63, 3.8) is 0 Å². The maximum Gasteiger partial charge on any atom is 0.160 e. The van der Waals surface area contributed by atoms with Gasteiger partial charge in [0.05, 0.1) is 11.4 Å². The fourth-order valence-electron chi connectivity index (χ4n) is 9.53. The number of aromatic nitrogens is 2. The molecule has 0 N–H and O–H groups in total. The highest BCUT2D eigenvalue weighted by Crippen LogP contribution is 2.46. The Bertz CT molecular complexity index is 3690. The van der Waals surface area contributed by atoms with Gasteiger partial charge in [0.1, 0.15) is 0 Å². The van der Waals surface area contributed by atoms with E-state index in [0.29, 0.717) is 5.82 Å². The number of hydrogen-bond donors (Lipinski definition) is 0. The highest BCUT2D eigenvalue weighted by molar-refractivity contribution is 6.27. The first-order chi connectivity index (χ1) is 31.7. The van der Waals surface area contributed by atoms with E-state index >= 15 is 0 Å². The molecule has 0 amide bonds. The first-order valence-electron chi connectivity index (χ1n) is 21.9. The third-order valence-corrected chi connectivity index (χ3v) is 12.6. The van der Waals surface area contributed by atoms with Gasteiger partial charge in [-0.1, -0.05) is 218 Å². The molecule has 11 aromatic carbocycles. The average molecular weight is 813 g/mol. The zero-order valence-electron chi connectivity index (χ0n) is 35.0. The molecule has 0 radical (unpaired) electrons. The second kappa shape index (κ2) is 15.8. The molecule has 0 unspecified atom stereocenters.